The summed E-state index contributed by atoms with van der Waals surface area (Å²) >= 11 is 0. The van der Waals surface area contributed by atoms with Crippen LogP contribution in [0.3, 0.4) is 0 Å². The van der Waals surface area contributed by atoms with Gasteiger partial charge in [-0.05, 0) is 41.0 Å². The lowest BCUT2D eigenvalue weighted by atomic mass is 9.97. The summed E-state index contributed by atoms with van der Waals surface area (Å²) < 4.78 is 10.4. The minimum absolute atomic E-state index is 0.0692. The van der Waals surface area contributed by atoms with E-state index in [1.54, 1.807) is 13.2 Å². The monoisotopic (exact) mass is 401 g/mol. The molecular weight excluding hydrogens is 382 g/mol. The predicted molar refractivity (Wildman–Crippen MR) is 114 cm³/mol. The van der Waals surface area contributed by atoms with E-state index in [0.29, 0.717) is 0 Å². The molecule has 30 heavy (non-hydrogen) atoms. The average Bonchev–Trinajstić information content (AvgIpc) is 2.78. The minimum atomic E-state index is -0.581. The van der Waals surface area contributed by atoms with Gasteiger partial charge >= 0.3 is 5.97 Å². The zero-order valence-electron chi connectivity index (χ0n) is 16.2. The Kier molecular flexibility index (Phi) is 6.74. The second-order valence-electron chi connectivity index (χ2n) is 6.21. The number of allylic oxidation sites excluding steroid dienone is 2. The van der Waals surface area contributed by atoms with Crippen LogP contribution in [0.15, 0.2) is 97.1 Å². The molecule has 0 aromatic heterocycles. The van der Waals surface area contributed by atoms with E-state index in [-0.39, 0.29) is 11.4 Å². The van der Waals surface area contributed by atoms with Crippen molar-refractivity contribution >= 4 is 17.2 Å². The molecule has 0 atom stereocenters. The highest BCUT2D eigenvalue weighted by Gasteiger charge is 2.07. The molecule has 0 spiro atoms. The molecule has 0 unspecified atom stereocenters. The summed E-state index contributed by atoms with van der Waals surface area (Å²) in [5, 5.41) is 10.7. The number of non-ortho nitro benzene ring substituents is 1. The van der Waals surface area contributed by atoms with Gasteiger partial charge in [-0.1, -0.05) is 54.6 Å². The van der Waals surface area contributed by atoms with Crippen molar-refractivity contribution in [3.05, 3.63) is 118 Å². The highest BCUT2D eigenvalue weighted by atomic mass is 16.6. The highest BCUT2D eigenvalue weighted by Crippen LogP contribution is 2.25. The number of ether oxygens (including phenoxy) is 2. The van der Waals surface area contributed by atoms with Gasteiger partial charge in [0.05, 0.1) is 12.0 Å². The molecule has 0 bridgehead atoms. The third kappa shape index (κ3) is 5.42. The Morgan fingerprint density at radius 1 is 0.867 bits per heavy atom. The Bertz CT molecular complexity index is 1070. The van der Waals surface area contributed by atoms with Gasteiger partial charge in [-0.3, -0.25) is 10.1 Å². The molecule has 3 aromatic carbocycles. The second-order valence-corrected chi connectivity index (χ2v) is 6.21. The fourth-order valence-electron chi connectivity index (χ4n) is 2.76. The highest BCUT2D eigenvalue weighted by molar-refractivity contribution is 5.86. The van der Waals surface area contributed by atoms with Crippen LogP contribution in [0.25, 0.3) is 5.57 Å². The van der Waals surface area contributed by atoms with Crippen LogP contribution in [0.5, 0.6) is 11.5 Å². The molecule has 0 aliphatic carbocycles. The van der Waals surface area contributed by atoms with Crippen LogP contribution in [0, 0.1) is 10.1 Å². The summed E-state index contributed by atoms with van der Waals surface area (Å²) in [6.07, 6.45) is 4.74. The first-order valence-corrected chi connectivity index (χ1v) is 9.11. The Morgan fingerprint density at radius 3 is 2.07 bits per heavy atom. The van der Waals surface area contributed by atoms with Crippen LogP contribution in [-0.2, 0) is 4.79 Å². The normalized spacial score (nSPS) is 11.3. The van der Waals surface area contributed by atoms with Gasteiger partial charge in [0.2, 0.25) is 0 Å². The molecule has 0 aliphatic rings. The van der Waals surface area contributed by atoms with Gasteiger partial charge in [0.1, 0.15) is 11.5 Å². The van der Waals surface area contributed by atoms with E-state index in [0.717, 1.165) is 22.4 Å². The largest absolute Gasteiger partial charge is 0.497 e. The first-order valence-electron chi connectivity index (χ1n) is 9.11. The molecular formula is C24H19NO5. The first kappa shape index (κ1) is 20.5. The van der Waals surface area contributed by atoms with Gasteiger partial charge in [0.15, 0.2) is 0 Å². The third-order valence-electron chi connectivity index (χ3n) is 4.25. The number of hydrogen-bond donors (Lipinski definition) is 0. The maximum atomic E-state index is 12.1. The SMILES string of the molecule is COc1ccc(/C(=C\C=C\C(=O)Oc2ccc([N+](=O)[O-])cc2)c2ccccc2)cc1. The molecule has 0 heterocycles. The van der Waals surface area contributed by atoms with Crippen molar-refractivity contribution in [1.29, 1.82) is 0 Å². The van der Waals surface area contributed by atoms with Crippen molar-refractivity contribution in [3.8, 4) is 11.5 Å². The number of carbonyl (C=O) groups excluding carboxylic acids is 1. The number of carbonyl (C=O) groups is 1. The standard InChI is InChI=1S/C24H19NO5/c1-29-21-14-10-19(11-15-21)23(18-6-3-2-4-7-18)8-5-9-24(26)30-22-16-12-20(13-17-22)25(27)28/h2-17H,1H3/b9-5+,23-8-. The Hall–Kier alpha value is -4.19. The summed E-state index contributed by atoms with van der Waals surface area (Å²) in [5.41, 5.74) is 2.82. The fraction of sp³-hybridized carbons (Fsp3) is 0.0417. The van der Waals surface area contributed by atoms with E-state index >= 15 is 0 Å². The number of hydrogen-bond acceptors (Lipinski definition) is 5. The summed E-state index contributed by atoms with van der Waals surface area (Å²) in [7, 11) is 1.61. The van der Waals surface area contributed by atoms with Crippen LogP contribution in [0.1, 0.15) is 11.1 Å². The number of benzene rings is 3. The summed E-state index contributed by atoms with van der Waals surface area (Å²) in [6, 6.07) is 22.8. The third-order valence-corrected chi connectivity index (χ3v) is 4.25. The van der Waals surface area contributed by atoms with Crippen LogP contribution < -0.4 is 9.47 Å². The van der Waals surface area contributed by atoms with Crippen LogP contribution in [0.4, 0.5) is 5.69 Å². The molecule has 0 saturated heterocycles. The smallest absolute Gasteiger partial charge is 0.336 e. The van der Waals surface area contributed by atoms with E-state index in [1.165, 1.54) is 30.3 Å². The minimum Gasteiger partial charge on any atom is -0.497 e. The number of methoxy groups -OCH3 is 1. The van der Waals surface area contributed by atoms with Crippen molar-refractivity contribution in [1.82, 2.24) is 0 Å². The molecule has 0 amide bonds. The topological polar surface area (TPSA) is 78.7 Å². The Morgan fingerprint density at radius 2 is 1.47 bits per heavy atom. The quantitative estimate of drug-likeness (QED) is 0.136. The molecule has 0 fully saturated rings. The summed E-state index contributed by atoms with van der Waals surface area (Å²) in [4.78, 5) is 22.2. The molecule has 6 heteroatoms. The number of nitrogens with zero attached hydrogens (tertiary/aromatic N) is 1. The molecule has 3 rings (SSSR count). The van der Waals surface area contributed by atoms with E-state index in [4.69, 9.17) is 9.47 Å². The second kappa shape index (κ2) is 9.84. The maximum Gasteiger partial charge on any atom is 0.336 e. The maximum absolute atomic E-state index is 12.1. The zero-order chi connectivity index (χ0) is 21.3. The zero-order valence-corrected chi connectivity index (χ0v) is 16.2. The number of nitro benzene ring substituents is 1. The van der Waals surface area contributed by atoms with Crippen molar-refractivity contribution in [2.75, 3.05) is 7.11 Å². The first-order chi connectivity index (χ1) is 14.6. The Balaban J connectivity index is 1.78. The lowest BCUT2D eigenvalue weighted by Crippen LogP contribution is -2.03. The lowest BCUT2D eigenvalue weighted by Gasteiger charge is -2.09. The lowest BCUT2D eigenvalue weighted by molar-refractivity contribution is -0.384. The van der Waals surface area contributed by atoms with E-state index < -0.39 is 10.9 Å². The van der Waals surface area contributed by atoms with Gasteiger partial charge in [-0.15, -0.1) is 0 Å². The van der Waals surface area contributed by atoms with Crippen LogP contribution >= 0.6 is 0 Å². The summed E-state index contributed by atoms with van der Waals surface area (Å²) in [5.74, 6) is 0.410. The van der Waals surface area contributed by atoms with Crippen LogP contribution in [-0.4, -0.2) is 18.0 Å². The van der Waals surface area contributed by atoms with Gasteiger partial charge < -0.3 is 9.47 Å². The van der Waals surface area contributed by atoms with E-state index in [2.05, 4.69) is 0 Å². The van der Waals surface area contributed by atoms with Gasteiger partial charge in [0, 0.05) is 18.2 Å². The van der Waals surface area contributed by atoms with Crippen molar-refractivity contribution in [2.24, 2.45) is 0 Å². The van der Waals surface area contributed by atoms with Gasteiger partial charge in [0.25, 0.3) is 5.69 Å². The Labute approximate surface area is 173 Å². The number of nitro groups is 1. The predicted octanol–water partition coefficient (Wildman–Crippen LogP) is 5.20. The van der Waals surface area contributed by atoms with Crippen molar-refractivity contribution in [3.63, 3.8) is 0 Å². The molecule has 0 N–H and O–H groups in total. The number of esters is 1. The molecule has 0 radical (unpaired) electrons. The molecule has 3 aromatic rings. The van der Waals surface area contributed by atoms with Gasteiger partial charge in [-0.2, -0.15) is 0 Å². The molecule has 0 aliphatic heterocycles. The van der Waals surface area contributed by atoms with Crippen molar-refractivity contribution < 1.29 is 19.2 Å². The van der Waals surface area contributed by atoms with Crippen LogP contribution in [0.2, 0.25) is 0 Å². The van der Waals surface area contributed by atoms with Gasteiger partial charge in [-0.25, -0.2) is 4.79 Å². The number of rotatable bonds is 7. The fourth-order valence-corrected chi connectivity index (χ4v) is 2.76. The molecule has 150 valence electrons. The van der Waals surface area contributed by atoms with Crippen molar-refractivity contribution in [2.45, 2.75) is 0 Å². The molecule has 0 saturated carbocycles. The summed E-state index contributed by atoms with van der Waals surface area (Å²) in [6.45, 7) is 0. The average molecular weight is 401 g/mol. The van der Waals surface area contributed by atoms with E-state index in [9.17, 15) is 14.9 Å². The van der Waals surface area contributed by atoms with E-state index in [1.807, 2.05) is 60.7 Å². The molecule has 6 nitrogen and oxygen atoms in total.